The second-order valence-corrected chi connectivity index (χ2v) is 1.52. The predicted molar refractivity (Wildman–Crippen MR) is 36.6 cm³/mol. The molecule has 0 fully saturated rings. The number of hydrogen-bond donors (Lipinski definition) is 1. The molecule has 9 heavy (non-hydrogen) atoms. The molecule has 0 aromatic rings. The summed E-state index contributed by atoms with van der Waals surface area (Å²) in [5, 5.41) is 2.90. The van der Waals surface area contributed by atoms with Crippen LogP contribution >= 0.6 is 0 Å². The van der Waals surface area contributed by atoms with E-state index in [1.54, 1.807) is 0 Å². The van der Waals surface area contributed by atoms with Crippen molar-refractivity contribution in [3.63, 3.8) is 0 Å². The summed E-state index contributed by atoms with van der Waals surface area (Å²) < 4.78 is 4.88. The van der Waals surface area contributed by atoms with Crippen LogP contribution in [0.4, 0.5) is 0 Å². The quantitative estimate of drug-likeness (QED) is 0.329. The summed E-state index contributed by atoms with van der Waals surface area (Å²) in [5.74, 6) is 0.269. The second kappa shape index (κ2) is 5.38. The molecule has 0 aliphatic heterocycles. The molecule has 0 aromatic carbocycles. The lowest BCUT2D eigenvalue weighted by atomic mass is 10.5. The van der Waals surface area contributed by atoms with E-state index in [9.17, 15) is 0 Å². The minimum atomic E-state index is 0.269. The molecule has 1 N–H and O–H groups in total. The van der Waals surface area contributed by atoms with Crippen LogP contribution < -0.4 is 5.32 Å². The highest BCUT2D eigenvalue weighted by atomic mass is 16.5. The molecule has 0 bridgehead atoms. The van der Waals surface area contributed by atoms with Crippen LogP contribution in [0.15, 0.2) is 11.8 Å². The van der Waals surface area contributed by atoms with Crippen molar-refractivity contribution in [2.45, 2.75) is 0 Å². The van der Waals surface area contributed by atoms with E-state index in [2.05, 4.69) is 5.32 Å². The van der Waals surface area contributed by atoms with E-state index in [1.165, 1.54) is 6.08 Å². The first kappa shape index (κ1) is 8.24. The maximum Gasteiger partial charge on any atom is 0.119 e. The molecule has 0 unspecified atom stereocenters. The standard InChI is InChI=1S/C7H11NO/c1-4-7(2)9-6-5-8-3/h1-2,4,8H,5-6H2,3H3. The molecule has 2 heteroatoms. The molecule has 0 aromatic heterocycles. The molecule has 0 saturated heterocycles. The van der Waals surface area contributed by atoms with Crippen LogP contribution in [0.2, 0.25) is 0 Å². The lowest BCUT2D eigenvalue weighted by Crippen LogP contribution is -2.13. The fourth-order valence-electron chi connectivity index (χ4n) is 0.319. The van der Waals surface area contributed by atoms with Crippen LogP contribution in [0.5, 0.6) is 0 Å². The number of rotatable bonds is 5. The average Bonchev–Trinajstić information content (AvgIpc) is 1.89. The molecule has 0 aliphatic carbocycles. The Labute approximate surface area is 56.2 Å². The summed E-state index contributed by atoms with van der Waals surface area (Å²) in [6, 6.07) is 0. The van der Waals surface area contributed by atoms with E-state index >= 15 is 0 Å². The van der Waals surface area contributed by atoms with Gasteiger partial charge in [0.2, 0.25) is 0 Å². The normalized spacial score (nSPS) is 8.56. The zero-order valence-corrected chi connectivity index (χ0v) is 5.55. The molecule has 0 amide bonds. The number of hydrogen-bond acceptors (Lipinski definition) is 2. The van der Waals surface area contributed by atoms with Crippen LogP contribution in [0.25, 0.3) is 0 Å². The van der Waals surface area contributed by atoms with Crippen LogP contribution in [0.3, 0.4) is 0 Å². The van der Waals surface area contributed by atoms with Crippen LogP contribution in [-0.4, -0.2) is 20.2 Å². The van der Waals surface area contributed by atoms with E-state index in [4.69, 9.17) is 17.9 Å². The molecular weight excluding hydrogens is 114 g/mol. The van der Waals surface area contributed by atoms with Gasteiger partial charge in [0.1, 0.15) is 12.4 Å². The number of ether oxygens (including phenoxy) is 1. The Morgan fingerprint density at radius 2 is 2.44 bits per heavy atom. The Kier molecular flexibility index (Phi) is 4.92. The van der Waals surface area contributed by atoms with Crippen molar-refractivity contribution in [1.82, 2.24) is 5.32 Å². The van der Waals surface area contributed by atoms with Crippen molar-refractivity contribution in [1.29, 1.82) is 0 Å². The summed E-state index contributed by atoms with van der Waals surface area (Å²) in [6.07, 6.45) is 1.23. The van der Waals surface area contributed by atoms with Gasteiger partial charge in [0.25, 0.3) is 0 Å². The maximum atomic E-state index is 5.20. The van der Waals surface area contributed by atoms with Gasteiger partial charge in [0.05, 0.1) is 0 Å². The van der Waals surface area contributed by atoms with E-state index < -0.39 is 0 Å². The molecule has 0 aliphatic rings. The Bertz CT molecular complexity index is 99.1. The van der Waals surface area contributed by atoms with Gasteiger partial charge in [-0.1, -0.05) is 6.58 Å². The van der Waals surface area contributed by atoms with Crippen molar-refractivity contribution in [2.24, 2.45) is 0 Å². The molecule has 0 rings (SSSR count). The van der Waals surface area contributed by atoms with Crippen molar-refractivity contribution in [3.8, 4) is 0 Å². The predicted octanol–water partition coefficient (Wildman–Crippen LogP) is 0.528. The monoisotopic (exact) mass is 125 g/mol. The molecule has 0 spiro atoms. The number of allylic oxidation sites excluding steroid dienone is 1. The van der Waals surface area contributed by atoms with E-state index in [0.717, 1.165) is 6.54 Å². The fourth-order valence-corrected chi connectivity index (χ4v) is 0.319. The Hall–Kier alpha value is -0.760. The topological polar surface area (TPSA) is 21.3 Å². The van der Waals surface area contributed by atoms with Gasteiger partial charge in [-0.3, -0.25) is 0 Å². The molecule has 50 valence electrons. The summed E-state index contributed by atoms with van der Waals surface area (Å²) in [4.78, 5) is 0. The molecule has 2 radical (unpaired) electrons. The van der Waals surface area contributed by atoms with E-state index in [1.807, 2.05) is 7.05 Å². The smallest absolute Gasteiger partial charge is 0.119 e. The van der Waals surface area contributed by atoms with Gasteiger partial charge in [-0.25, -0.2) is 0 Å². The highest BCUT2D eigenvalue weighted by Crippen LogP contribution is 1.90. The lowest BCUT2D eigenvalue weighted by Gasteiger charge is -2.02. The van der Waals surface area contributed by atoms with Gasteiger partial charge < -0.3 is 10.1 Å². The van der Waals surface area contributed by atoms with Crippen LogP contribution in [0, 0.1) is 13.2 Å². The molecule has 0 saturated carbocycles. The third kappa shape index (κ3) is 5.11. The second-order valence-electron chi connectivity index (χ2n) is 1.52. The van der Waals surface area contributed by atoms with Gasteiger partial charge in [-0.15, -0.1) is 0 Å². The highest BCUT2D eigenvalue weighted by Gasteiger charge is 1.84. The Morgan fingerprint density at radius 1 is 1.78 bits per heavy atom. The summed E-state index contributed by atoms with van der Waals surface area (Å²) in [5.41, 5.74) is 0. The van der Waals surface area contributed by atoms with Gasteiger partial charge >= 0.3 is 0 Å². The SMILES string of the molecule is [CH]=CC(=[CH])OCCNC. The van der Waals surface area contributed by atoms with E-state index in [0.29, 0.717) is 6.61 Å². The van der Waals surface area contributed by atoms with Crippen molar-refractivity contribution >= 4 is 0 Å². The third-order valence-corrected chi connectivity index (χ3v) is 0.785. The fraction of sp³-hybridized carbons (Fsp3) is 0.429. The van der Waals surface area contributed by atoms with Gasteiger partial charge in [0.15, 0.2) is 0 Å². The minimum absolute atomic E-state index is 0.269. The first-order valence-electron chi connectivity index (χ1n) is 2.76. The zero-order valence-electron chi connectivity index (χ0n) is 5.55. The van der Waals surface area contributed by atoms with Crippen LogP contribution in [0.1, 0.15) is 0 Å². The van der Waals surface area contributed by atoms with E-state index in [-0.39, 0.29) is 5.76 Å². The summed E-state index contributed by atoms with van der Waals surface area (Å²) >= 11 is 0. The van der Waals surface area contributed by atoms with Crippen molar-refractivity contribution < 1.29 is 4.74 Å². The molecule has 0 heterocycles. The molecule has 0 atom stereocenters. The van der Waals surface area contributed by atoms with Gasteiger partial charge in [0, 0.05) is 6.54 Å². The Balaban J connectivity index is 3.07. The lowest BCUT2D eigenvalue weighted by molar-refractivity contribution is 0.227. The van der Waals surface area contributed by atoms with Crippen LogP contribution in [-0.2, 0) is 4.74 Å². The first-order valence-corrected chi connectivity index (χ1v) is 2.76. The Morgan fingerprint density at radius 3 is 2.89 bits per heavy atom. The van der Waals surface area contributed by atoms with Gasteiger partial charge in [-0.2, -0.15) is 0 Å². The highest BCUT2D eigenvalue weighted by molar-refractivity contribution is 4.97. The largest absolute Gasteiger partial charge is 0.492 e. The summed E-state index contributed by atoms with van der Waals surface area (Å²) in [6.45, 7) is 11.5. The number of likely N-dealkylation sites (N-methyl/N-ethyl adjacent to an activating group) is 1. The molecular formula is C7H11NO. The first-order chi connectivity index (χ1) is 4.31. The number of nitrogens with one attached hydrogen (secondary N) is 1. The molecule has 2 nitrogen and oxygen atoms in total. The zero-order chi connectivity index (χ0) is 7.11. The van der Waals surface area contributed by atoms with Crippen molar-refractivity contribution in [2.75, 3.05) is 20.2 Å². The summed E-state index contributed by atoms with van der Waals surface area (Å²) in [7, 11) is 1.84. The maximum absolute atomic E-state index is 5.20. The third-order valence-electron chi connectivity index (χ3n) is 0.785. The van der Waals surface area contributed by atoms with Gasteiger partial charge in [-0.05, 0) is 19.7 Å². The average molecular weight is 125 g/mol. The minimum Gasteiger partial charge on any atom is -0.492 e. The van der Waals surface area contributed by atoms with Crippen molar-refractivity contribution in [3.05, 3.63) is 25.0 Å².